The molecule has 1 aromatic carbocycles. The number of rotatable bonds is 4. The molecule has 7 heteroatoms. The van der Waals surface area contributed by atoms with Crippen LogP contribution in [0.5, 0.6) is 5.75 Å². The van der Waals surface area contributed by atoms with E-state index in [0.29, 0.717) is 32.6 Å². The first-order valence-corrected chi connectivity index (χ1v) is 9.91. The van der Waals surface area contributed by atoms with Crippen molar-refractivity contribution in [2.24, 2.45) is 0 Å². The van der Waals surface area contributed by atoms with Crippen molar-refractivity contribution >= 4 is 11.8 Å². The van der Waals surface area contributed by atoms with E-state index in [4.69, 9.17) is 4.74 Å². The Bertz CT molecular complexity index is 868. The second-order valence-electron chi connectivity index (χ2n) is 7.35. The fraction of sp³-hybridized carbons (Fsp3) is 0.476. The van der Waals surface area contributed by atoms with Gasteiger partial charge in [0.25, 0.3) is 5.91 Å². The number of nitrogens with zero attached hydrogens (tertiary/aromatic N) is 4. The smallest absolute Gasteiger partial charge is 0.257 e. The summed E-state index contributed by atoms with van der Waals surface area (Å²) in [7, 11) is 1.61. The van der Waals surface area contributed by atoms with Gasteiger partial charge in [0.1, 0.15) is 5.75 Å². The molecule has 0 saturated carbocycles. The molecule has 0 spiro atoms. The molecule has 148 valence electrons. The van der Waals surface area contributed by atoms with E-state index in [1.54, 1.807) is 13.3 Å². The third-order valence-electron chi connectivity index (χ3n) is 5.67. The number of benzene rings is 1. The van der Waals surface area contributed by atoms with Gasteiger partial charge in [-0.2, -0.15) is 5.10 Å². The zero-order chi connectivity index (χ0) is 19.5. The third-order valence-corrected chi connectivity index (χ3v) is 5.67. The van der Waals surface area contributed by atoms with E-state index in [1.807, 2.05) is 38.7 Å². The lowest BCUT2D eigenvalue weighted by Crippen LogP contribution is -2.51. The highest BCUT2D eigenvalue weighted by Crippen LogP contribution is 2.21. The van der Waals surface area contributed by atoms with Gasteiger partial charge in [0.2, 0.25) is 5.91 Å². The molecule has 0 bridgehead atoms. The van der Waals surface area contributed by atoms with Crippen LogP contribution < -0.4 is 4.74 Å². The number of carbonyl (C=O) groups is 2. The molecule has 1 aromatic heterocycles. The van der Waals surface area contributed by atoms with Crippen LogP contribution in [0.1, 0.15) is 34.5 Å². The molecule has 0 aliphatic carbocycles. The standard InChI is InChI=1S/C21H26N4O3/c1-28-19-8-3-2-6-16(19)14-20(26)23-10-12-24(13-11-23)21(27)17-15-22-25-9-5-4-7-18(17)25/h2-3,6,8,15H,4-5,7,9-14H2,1H3. The van der Waals surface area contributed by atoms with Crippen LogP contribution in [0.3, 0.4) is 0 Å². The summed E-state index contributed by atoms with van der Waals surface area (Å²) in [6, 6.07) is 7.59. The minimum Gasteiger partial charge on any atom is -0.496 e. The molecule has 0 atom stereocenters. The van der Waals surface area contributed by atoms with Crippen molar-refractivity contribution in [1.82, 2.24) is 19.6 Å². The number of carbonyl (C=O) groups excluding carboxylic acids is 2. The van der Waals surface area contributed by atoms with E-state index in [-0.39, 0.29) is 11.8 Å². The first kappa shape index (κ1) is 18.5. The molecule has 2 amide bonds. The van der Waals surface area contributed by atoms with Crippen LogP contribution in [-0.2, 0) is 24.2 Å². The fourth-order valence-corrected chi connectivity index (χ4v) is 4.05. The van der Waals surface area contributed by atoms with Crippen LogP contribution in [0.15, 0.2) is 30.5 Å². The molecular weight excluding hydrogens is 356 g/mol. The van der Waals surface area contributed by atoms with E-state index in [0.717, 1.165) is 48.4 Å². The molecule has 2 aromatic rings. The molecular formula is C21H26N4O3. The zero-order valence-corrected chi connectivity index (χ0v) is 16.3. The summed E-state index contributed by atoms with van der Waals surface area (Å²) in [5, 5.41) is 4.37. The van der Waals surface area contributed by atoms with Crippen molar-refractivity contribution in [1.29, 1.82) is 0 Å². The van der Waals surface area contributed by atoms with Gasteiger partial charge in [-0.3, -0.25) is 14.3 Å². The SMILES string of the molecule is COc1ccccc1CC(=O)N1CCN(C(=O)c2cnn3c2CCCC3)CC1. The van der Waals surface area contributed by atoms with E-state index in [9.17, 15) is 9.59 Å². The van der Waals surface area contributed by atoms with Crippen molar-refractivity contribution in [2.45, 2.75) is 32.2 Å². The molecule has 4 rings (SSSR count). The van der Waals surface area contributed by atoms with Crippen molar-refractivity contribution in [3.05, 3.63) is 47.3 Å². The van der Waals surface area contributed by atoms with Crippen LogP contribution >= 0.6 is 0 Å². The number of amides is 2. The average Bonchev–Trinajstić information content (AvgIpc) is 3.18. The monoisotopic (exact) mass is 382 g/mol. The van der Waals surface area contributed by atoms with Crippen LogP contribution in [0.4, 0.5) is 0 Å². The number of fused-ring (bicyclic) bond motifs is 1. The summed E-state index contributed by atoms with van der Waals surface area (Å²) in [6.07, 6.45) is 5.17. The number of para-hydroxylation sites is 1. The van der Waals surface area contributed by atoms with Gasteiger partial charge in [-0.25, -0.2) is 0 Å². The highest BCUT2D eigenvalue weighted by atomic mass is 16.5. The Morgan fingerprint density at radius 1 is 1.04 bits per heavy atom. The maximum absolute atomic E-state index is 12.9. The molecule has 0 radical (unpaired) electrons. The molecule has 3 heterocycles. The number of aryl methyl sites for hydroxylation is 1. The lowest BCUT2D eigenvalue weighted by atomic mass is 10.1. The Morgan fingerprint density at radius 3 is 2.57 bits per heavy atom. The van der Waals surface area contributed by atoms with Crippen molar-refractivity contribution in [3.63, 3.8) is 0 Å². The summed E-state index contributed by atoms with van der Waals surface area (Å²) in [5.74, 6) is 0.843. The van der Waals surface area contributed by atoms with E-state index < -0.39 is 0 Å². The Kier molecular flexibility index (Phi) is 5.32. The zero-order valence-electron chi connectivity index (χ0n) is 16.3. The number of ether oxygens (including phenoxy) is 1. The molecule has 1 fully saturated rings. The maximum atomic E-state index is 12.9. The van der Waals surface area contributed by atoms with Crippen LogP contribution in [-0.4, -0.2) is 64.7 Å². The van der Waals surface area contributed by atoms with Gasteiger partial charge < -0.3 is 14.5 Å². The number of hydrogen-bond donors (Lipinski definition) is 0. The molecule has 28 heavy (non-hydrogen) atoms. The molecule has 0 unspecified atom stereocenters. The topological polar surface area (TPSA) is 67.7 Å². The van der Waals surface area contributed by atoms with Crippen molar-refractivity contribution < 1.29 is 14.3 Å². The highest BCUT2D eigenvalue weighted by Gasteiger charge is 2.28. The van der Waals surface area contributed by atoms with Gasteiger partial charge in [-0.15, -0.1) is 0 Å². The molecule has 0 N–H and O–H groups in total. The Morgan fingerprint density at radius 2 is 1.79 bits per heavy atom. The Labute approximate surface area is 164 Å². The summed E-state index contributed by atoms with van der Waals surface area (Å²) < 4.78 is 7.30. The lowest BCUT2D eigenvalue weighted by Gasteiger charge is -2.35. The third kappa shape index (κ3) is 3.61. The summed E-state index contributed by atoms with van der Waals surface area (Å²) in [5.41, 5.74) is 2.68. The molecule has 1 saturated heterocycles. The van der Waals surface area contributed by atoms with Crippen molar-refractivity contribution in [2.75, 3.05) is 33.3 Å². The van der Waals surface area contributed by atoms with Crippen LogP contribution in [0.25, 0.3) is 0 Å². The number of aromatic nitrogens is 2. The summed E-state index contributed by atoms with van der Waals surface area (Å²) >= 11 is 0. The molecule has 2 aliphatic rings. The van der Waals surface area contributed by atoms with Crippen LogP contribution in [0, 0.1) is 0 Å². The second-order valence-corrected chi connectivity index (χ2v) is 7.35. The van der Waals surface area contributed by atoms with E-state index >= 15 is 0 Å². The molecule has 7 nitrogen and oxygen atoms in total. The Balaban J connectivity index is 1.36. The minimum absolute atomic E-state index is 0.0416. The van der Waals surface area contributed by atoms with Crippen LogP contribution in [0.2, 0.25) is 0 Å². The van der Waals surface area contributed by atoms with E-state index in [2.05, 4.69) is 5.10 Å². The van der Waals surface area contributed by atoms with Gasteiger partial charge in [0.05, 0.1) is 31.0 Å². The maximum Gasteiger partial charge on any atom is 0.257 e. The first-order valence-electron chi connectivity index (χ1n) is 9.91. The van der Waals surface area contributed by atoms with Gasteiger partial charge in [0.15, 0.2) is 0 Å². The van der Waals surface area contributed by atoms with Gasteiger partial charge in [-0.1, -0.05) is 18.2 Å². The summed E-state index contributed by atoms with van der Waals surface area (Å²) in [6.45, 7) is 3.13. The minimum atomic E-state index is 0.0416. The fourth-order valence-electron chi connectivity index (χ4n) is 4.05. The van der Waals surface area contributed by atoms with Gasteiger partial charge in [-0.05, 0) is 25.3 Å². The predicted molar refractivity (Wildman–Crippen MR) is 104 cm³/mol. The van der Waals surface area contributed by atoms with Gasteiger partial charge in [0, 0.05) is 38.3 Å². The number of methoxy groups -OCH3 is 1. The number of piperazine rings is 1. The normalized spacial score (nSPS) is 16.6. The predicted octanol–water partition coefficient (Wildman–Crippen LogP) is 1.76. The highest BCUT2D eigenvalue weighted by molar-refractivity contribution is 5.95. The second kappa shape index (κ2) is 8.04. The lowest BCUT2D eigenvalue weighted by molar-refractivity contribution is -0.131. The molecule has 2 aliphatic heterocycles. The quantitative estimate of drug-likeness (QED) is 0.808. The average molecular weight is 382 g/mol. The van der Waals surface area contributed by atoms with E-state index in [1.165, 1.54) is 0 Å². The Hall–Kier alpha value is -2.83. The summed E-state index contributed by atoms with van der Waals surface area (Å²) in [4.78, 5) is 29.3. The largest absolute Gasteiger partial charge is 0.496 e. The van der Waals surface area contributed by atoms with Crippen molar-refractivity contribution in [3.8, 4) is 5.75 Å². The first-order chi connectivity index (χ1) is 13.7. The number of hydrogen-bond acceptors (Lipinski definition) is 4. The van der Waals surface area contributed by atoms with Gasteiger partial charge >= 0.3 is 0 Å².